The van der Waals surface area contributed by atoms with Crippen LogP contribution in [0.25, 0.3) is 11.0 Å². The molecule has 2 N–H and O–H groups in total. The lowest BCUT2D eigenvalue weighted by Gasteiger charge is -2.07. The highest BCUT2D eigenvalue weighted by Crippen LogP contribution is 2.27. The highest BCUT2D eigenvalue weighted by Gasteiger charge is 2.15. The summed E-state index contributed by atoms with van der Waals surface area (Å²) in [6.45, 7) is 1.91. The van der Waals surface area contributed by atoms with E-state index in [1.54, 1.807) is 0 Å². The summed E-state index contributed by atoms with van der Waals surface area (Å²) in [6.07, 6.45) is 1.25. The summed E-state index contributed by atoms with van der Waals surface area (Å²) < 4.78 is 5.21. The number of rotatable bonds is 3. The zero-order valence-corrected chi connectivity index (χ0v) is 9.77. The molecule has 0 amide bonds. The fourth-order valence-corrected chi connectivity index (χ4v) is 1.86. The Kier molecular flexibility index (Phi) is 3.06. The van der Waals surface area contributed by atoms with Gasteiger partial charge in [0.25, 0.3) is 0 Å². The molecule has 0 aliphatic heterocycles. The third-order valence-corrected chi connectivity index (χ3v) is 2.69. The molecular weight excluding hydrogens is 236 g/mol. The Labute approximate surface area is 102 Å². The Morgan fingerprint density at radius 3 is 2.72 bits per heavy atom. The third-order valence-electron chi connectivity index (χ3n) is 2.69. The van der Waals surface area contributed by atoms with Crippen molar-refractivity contribution in [2.75, 3.05) is 0 Å². The van der Waals surface area contributed by atoms with Gasteiger partial charge >= 0.3 is 5.97 Å². The van der Waals surface area contributed by atoms with E-state index in [9.17, 15) is 14.7 Å². The standard InChI is InChI=1S/C13H12O5/c1-2-3-7-9(14)5-4-8-10(15)6-11(13(16)17)18-12(7)8/h4-6,14H,2-3H2,1H3,(H,16,17). The van der Waals surface area contributed by atoms with E-state index in [0.29, 0.717) is 12.0 Å². The van der Waals surface area contributed by atoms with Crippen LogP contribution in [0.4, 0.5) is 0 Å². The van der Waals surface area contributed by atoms with Crippen molar-refractivity contribution in [3.05, 3.63) is 39.7 Å². The smallest absolute Gasteiger partial charge is 0.371 e. The van der Waals surface area contributed by atoms with Crippen LogP contribution in [0.5, 0.6) is 5.75 Å². The van der Waals surface area contributed by atoms with Gasteiger partial charge in [0.1, 0.15) is 11.3 Å². The summed E-state index contributed by atoms with van der Waals surface area (Å²) in [6, 6.07) is 3.80. The molecule has 0 radical (unpaired) electrons. The molecule has 0 saturated carbocycles. The molecule has 0 unspecified atom stereocenters. The van der Waals surface area contributed by atoms with Crippen molar-refractivity contribution in [2.24, 2.45) is 0 Å². The predicted molar refractivity (Wildman–Crippen MR) is 65.1 cm³/mol. The molecular formula is C13H12O5. The average Bonchev–Trinajstić information content (AvgIpc) is 2.32. The molecule has 18 heavy (non-hydrogen) atoms. The second-order valence-electron chi connectivity index (χ2n) is 3.97. The second-order valence-corrected chi connectivity index (χ2v) is 3.97. The number of phenols is 1. The van der Waals surface area contributed by atoms with Crippen molar-refractivity contribution < 1.29 is 19.4 Å². The van der Waals surface area contributed by atoms with E-state index < -0.39 is 17.2 Å². The lowest BCUT2D eigenvalue weighted by molar-refractivity contribution is 0.0663. The van der Waals surface area contributed by atoms with Gasteiger partial charge in [-0.05, 0) is 18.6 Å². The van der Waals surface area contributed by atoms with Gasteiger partial charge in [0.15, 0.2) is 5.43 Å². The predicted octanol–water partition coefficient (Wildman–Crippen LogP) is 2.15. The third kappa shape index (κ3) is 1.95. The van der Waals surface area contributed by atoms with Gasteiger partial charge < -0.3 is 14.6 Å². The average molecular weight is 248 g/mol. The minimum atomic E-state index is -1.31. The van der Waals surface area contributed by atoms with Crippen molar-refractivity contribution >= 4 is 16.9 Å². The Balaban J connectivity index is 2.85. The Hall–Kier alpha value is -2.30. The summed E-state index contributed by atoms with van der Waals surface area (Å²) in [5.74, 6) is -1.72. The van der Waals surface area contributed by atoms with Gasteiger partial charge in [-0.3, -0.25) is 4.79 Å². The summed E-state index contributed by atoms with van der Waals surface area (Å²) >= 11 is 0. The number of aromatic carboxylic acids is 1. The van der Waals surface area contributed by atoms with E-state index >= 15 is 0 Å². The summed E-state index contributed by atoms with van der Waals surface area (Å²) in [5.41, 5.74) is 0.197. The van der Waals surface area contributed by atoms with Crippen LogP contribution >= 0.6 is 0 Å². The van der Waals surface area contributed by atoms with E-state index in [1.165, 1.54) is 12.1 Å². The number of carboxylic acids is 1. The molecule has 1 aromatic heterocycles. The lowest BCUT2D eigenvalue weighted by atomic mass is 10.0. The van der Waals surface area contributed by atoms with Gasteiger partial charge in [0.2, 0.25) is 5.76 Å². The number of carboxylic acid groups (broad SMARTS) is 1. The molecule has 2 aromatic rings. The maximum absolute atomic E-state index is 11.8. The number of hydrogen-bond donors (Lipinski definition) is 2. The van der Waals surface area contributed by atoms with Crippen LogP contribution in [0.1, 0.15) is 29.5 Å². The minimum Gasteiger partial charge on any atom is -0.508 e. The van der Waals surface area contributed by atoms with Gasteiger partial charge in [-0.25, -0.2) is 4.79 Å². The molecule has 5 heteroatoms. The van der Waals surface area contributed by atoms with Crippen LogP contribution in [0.15, 0.2) is 27.4 Å². The first-order valence-corrected chi connectivity index (χ1v) is 5.56. The number of hydrogen-bond acceptors (Lipinski definition) is 4. The van der Waals surface area contributed by atoms with Gasteiger partial charge in [0, 0.05) is 11.6 Å². The topological polar surface area (TPSA) is 87.7 Å². The van der Waals surface area contributed by atoms with E-state index in [-0.39, 0.29) is 16.7 Å². The van der Waals surface area contributed by atoms with Gasteiger partial charge in [-0.15, -0.1) is 0 Å². The van der Waals surface area contributed by atoms with Crippen LogP contribution in [0.3, 0.4) is 0 Å². The monoisotopic (exact) mass is 248 g/mol. The molecule has 0 fully saturated rings. The van der Waals surface area contributed by atoms with Gasteiger partial charge in [-0.2, -0.15) is 0 Å². The van der Waals surface area contributed by atoms with Crippen LogP contribution < -0.4 is 5.43 Å². The quantitative estimate of drug-likeness (QED) is 0.868. The first-order chi connectivity index (χ1) is 8.54. The van der Waals surface area contributed by atoms with Gasteiger partial charge in [-0.1, -0.05) is 13.3 Å². The number of carbonyl (C=O) groups is 1. The number of phenolic OH excluding ortho intramolecular Hbond substituents is 1. The van der Waals surface area contributed by atoms with Crippen LogP contribution in [-0.2, 0) is 6.42 Å². The molecule has 5 nitrogen and oxygen atoms in total. The van der Waals surface area contributed by atoms with E-state index in [2.05, 4.69) is 0 Å². The van der Waals surface area contributed by atoms with E-state index in [1.807, 2.05) is 6.92 Å². The molecule has 0 spiro atoms. The molecule has 0 bridgehead atoms. The number of fused-ring (bicyclic) bond motifs is 1. The Morgan fingerprint density at radius 1 is 1.39 bits per heavy atom. The van der Waals surface area contributed by atoms with Crippen LogP contribution in [0, 0.1) is 0 Å². The summed E-state index contributed by atoms with van der Waals surface area (Å²) in [4.78, 5) is 22.6. The fourth-order valence-electron chi connectivity index (χ4n) is 1.86. The van der Waals surface area contributed by atoms with Gasteiger partial charge in [0.05, 0.1) is 5.39 Å². The normalized spacial score (nSPS) is 10.7. The SMILES string of the molecule is CCCc1c(O)ccc2c(=O)cc(C(=O)O)oc12. The van der Waals surface area contributed by atoms with Crippen molar-refractivity contribution in [1.29, 1.82) is 0 Å². The minimum absolute atomic E-state index is 0.00930. The summed E-state index contributed by atoms with van der Waals surface area (Å²) in [7, 11) is 0. The molecule has 94 valence electrons. The zero-order chi connectivity index (χ0) is 13.3. The first-order valence-electron chi connectivity index (χ1n) is 5.56. The first kappa shape index (κ1) is 12.2. The highest BCUT2D eigenvalue weighted by molar-refractivity contribution is 5.89. The second kappa shape index (κ2) is 4.52. The zero-order valence-electron chi connectivity index (χ0n) is 9.77. The lowest BCUT2D eigenvalue weighted by Crippen LogP contribution is -2.07. The van der Waals surface area contributed by atoms with Crippen molar-refractivity contribution in [2.45, 2.75) is 19.8 Å². The molecule has 0 atom stereocenters. The van der Waals surface area contributed by atoms with Crippen LogP contribution in [-0.4, -0.2) is 16.2 Å². The molecule has 1 aromatic carbocycles. The van der Waals surface area contributed by atoms with E-state index in [0.717, 1.165) is 12.5 Å². The number of aryl methyl sites for hydroxylation is 1. The molecule has 0 aliphatic rings. The number of aromatic hydroxyl groups is 1. The van der Waals surface area contributed by atoms with Crippen molar-refractivity contribution in [1.82, 2.24) is 0 Å². The maximum Gasteiger partial charge on any atom is 0.371 e. The number of benzene rings is 1. The largest absolute Gasteiger partial charge is 0.508 e. The van der Waals surface area contributed by atoms with E-state index in [4.69, 9.17) is 9.52 Å². The van der Waals surface area contributed by atoms with Crippen molar-refractivity contribution in [3.8, 4) is 5.75 Å². The fraction of sp³-hybridized carbons (Fsp3) is 0.231. The van der Waals surface area contributed by atoms with Crippen molar-refractivity contribution in [3.63, 3.8) is 0 Å². The molecule has 2 rings (SSSR count). The van der Waals surface area contributed by atoms with Crippen LogP contribution in [0.2, 0.25) is 0 Å². The molecule has 0 saturated heterocycles. The molecule has 0 aliphatic carbocycles. The summed E-state index contributed by atoms with van der Waals surface area (Å²) in [5, 5.41) is 18.9. The maximum atomic E-state index is 11.8. The highest BCUT2D eigenvalue weighted by atomic mass is 16.4. The Bertz CT molecular complexity index is 669. The Morgan fingerprint density at radius 2 is 2.11 bits per heavy atom. The molecule has 1 heterocycles.